The van der Waals surface area contributed by atoms with Gasteiger partial charge in [-0.1, -0.05) is 47.0 Å². The van der Waals surface area contributed by atoms with Gasteiger partial charge in [-0.25, -0.2) is 0 Å². The van der Waals surface area contributed by atoms with Crippen molar-refractivity contribution in [3.8, 4) is 0 Å². The Morgan fingerprint density at radius 3 is 2.78 bits per heavy atom. The van der Waals surface area contributed by atoms with Crippen molar-refractivity contribution >= 4 is 40.6 Å². The van der Waals surface area contributed by atoms with Gasteiger partial charge in [0, 0.05) is 6.42 Å². The molecule has 0 aliphatic heterocycles. The van der Waals surface area contributed by atoms with E-state index in [1.807, 2.05) is 6.26 Å². The molecule has 0 bridgehead atoms. The summed E-state index contributed by atoms with van der Waals surface area (Å²) in [5, 5.41) is 8.05. The third-order valence-corrected chi connectivity index (χ3v) is 6.00. The van der Waals surface area contributed by atoms with Gasteiger partial charge in [0.2, 0.25) is 0 Å². The first-order valence-corrected chi connectivity index (χ1v) is 8.88. The largest absolute Gasteiger partial charge is 0.299 e. The van der Waals surface area contributed by atoms with E-state index in [1.54, 1.807) is 23.1 Å². The molecule has 0 atom stereocenters. The summed E-state index contributed by atoms with van der Waals surface area (Å²) in [4.78, 5) is 11.7. The maximum Gasteiger partial charge on any atom is 0.175 e. The van der Waals surface area contributed by atoms with Crippen LogP contribution in [0.2, 0.25) is 0 Å². The second kappa shape index (κ2) is 6.73. The average Bonchev–Trinajstić information content (AvgIpc) is 2.78. The fourth-order valence-corrected chi connectivity index (χ4v) is 4.22. The van der Waals surface area contributed by atoms with Gasteiger partial charge in [0.05, 0.1) is 5.75 Å². The smallest absolute Gasteiger partial charge is 0.175 e. The molecule has 0 N–H and O–H groups in total. The number of rotatable bonds is 7. The molecule has 0 spiro atoms. The molecule has 98 valence electrons. The first-order chi connectivity index (χ1) is 8.67. The first-order valence-electron chi connectivity index (χ1n) is 5.86. The van der Waals surface area contributed by atoms with Gasteiger partial charge in [-0.2, -0.15) is 0 Å². The second-order valence-electron chi connectivity index (χ2n) is 4.43. The molecule has 6 heteroatoms. The number of Topliss-reactive ketones (excluding diaryl/α,β-unsaturated/α-hetero) is 1. The highest BCUT2D eigenvalue weighted by atomic mass is 32.2. The lowest BCUT2D eigenvalue weighted by Crippen LogP contribution is -2.15. The van der Waals surface area contributed by atoms with E-state index < -0.39 is 0 Å². The van der Waals surface area contributed by atoms with Crippen molar-refractivity contribution < 1.29 is 4.79 Å². The maximum absolute atomic E-state index is 11.7. The summed E-state index contributed by atoms with van der Waals surface area (Å²) < 4.78 is 1.85. The fourth-order valence-electron chi connectivity index (χ4n) is 1.88. The van der Waals surface area contributed by atoms with Crippen LogP contribution in [0.1, 0.15) is 25.7 Å². The molecule has 1 aromatic heterocycles. The molecule has 0 saturated heterocycles. The average molecular weight is 300 g/mol. The number of nitrogens with zero attached hydrogens (tertiary/aromatic N) is 2. The molecule has 1 aliphatic rings. The minimum Gasteiger partial charge on any atom is -0.299 e. The molecule has 1 aromatic rings. The van der Waals surface area contributed by atoms with Crippen molar-refractivity contribution in [1.29, 1.82) is 0 Å². The summed E-state index contributed by atoms with van der Waals surface area (Å²) in [5.74, 6) is 1.55. The minimum atomic E-state index is 0.318. The van der Waals surface area contributed by atoms with E-state index in [0.717, 1.165) is 27.9 Å². The molecule has 3 nitrogen and oxygen atoms in total. The first kappa shape index (κ1) is 14.1. The summed E-state index contributed by atoms with van der Waals surface area (Å²) in [7, 11) is 0. The molecule has 1 fully saturated rings. The van der Waals surface area contributed by atoms with Crippen molar-refractivity contribution in [1.82, 2.24) is 10.2 Å². The maximum atomic E-state index is 11.7. The number of allylic oxidation sites excluding steroid dienone is 1. The quantitative estimate of drug-likeness (QED) is 0.568. The summed E-state index contributed by atoms with van der Waals surface area (Å²) in [5.41, 5.74) is 1.33. The molecule has 0 aromatic carbocycles. The lowest BCUT2D eigenvalue weighted by atomic mass is 9.78. The fraction of sp³-hybridized carbons (Fsp3) is 0.583. The number of carbonyl (C=O) groups excluding carboxylic acids is 1. The number of hydrogen-bond acceptors (Lipinski definition) is 6. The van der Waals surface area contributed by atoms with E-state index in [1.165, 1.54) is 17.3 Å². The van der Waals surface area contributed by atoms with Crippen LogP contribution in [0.4, 0.5) is 0 Å². The molecule has 0 unspecified atom stereocenters. The lowest BCUT2D eigenvalue weighted by Gasteiger charge is -2.27. The van der Waals surface area contributed by atoms with Gasteiger partial charge in [-0.15, -0.1) is 10.2 Å². The zero-order valence-corrected chi connectivity index (χ0v) is 12.8. The molecular weight excluding hydrogens is 284 g/mol. The van der Waals surface area contributed by atoms with E-state index in [2.05, 4.69) is 16.8 Å². The molecule has 1 saturated carbocycles. The highest BCUT2D eigenvalue weighted by molar-refractivity contribution is 8.03. The zero-order chi connectivity index (χ0) is 13.0. The van der Waals surface area contributed by atoms with Crippen molar-refractivity contribution in [2.75, 3.05) is 12.0 Å². The highest BCUT2D eigenvalue weighted by Crippen LogP contribution is 2.35. The number of carbonyl (C=O) groups is 1. The Kier molecular flexibility index (Phi) is 5.26. The van der Waals surface area contributed by atoms with E-state index in [4.69, 9.17) is 0 Å². The van der Waals surface area contributed by atoms with Crippen molar-refractivity contribution in [3.05, 3.63) is 12.2 Å². The van der Waals surface area contributed by atoms with Gasteiger partial charge in [0.15, 0.2) is 8.68 Å². The van der Waals surface area contributed by atoms with Crippen molar-refractivity contribution in [2.24, 2.45) is 5.92 Å². The van der Waals surface area contributed by atoms with Crippen LogP contribution in [0.5, 0.6) is 0 Å². The lowest BCUT2D eigenvalue weighted by molar-refractivity contribution is -0.116. The van der Waals surface area contributed by atoms with Crippen LogP contribution in [0.25, 0.3) is 0 Å². The molecule has 1 aliphatic carbocycles. The zero-order valence-electron chi connectivity index (χ0n) is 10.3. The van der Waals surface area contributed by atoms with Crippen LogP contribution in [-0.4, -0.2) is 28.0 Å². The van der Waals surface area contributed by atoms with Gasteiger partial charge >= 0.3 is 0 Å². The van der Waals surface area contributed by atoms with Gasteiger partial charge in [-0.3, -0.25) is 4.79 Å². The van der Waals surface area contributed by atoms with Gasteiger partial charge < -0.3 is 0 Å². The van der Waals surface area contributed by atoms with Crippen LogP contribution in [0.3, 0.4) is 0 Å². The van der Waals surface area contributed by atoms with E-state index in [0.29, 0.717) is 23.9 Å². The number of hydrogen-bond donors (Lipinski definition) is 0. The van der Waals surface area contributed by atoms with E-state index in [9.17, 15) is 4.79 Å². The summed E-state index contributed by atoms with van der Waals surface area (Å²) in [6, 6.07) is 0. The van der Waals surface area contributed by atoms with Crippen LogP contribution in [0, 0.1) is 5.92 Å². The monoisotopic (exact) mass is 300 g/mol. The predicted molar refractivity (Wildman–Crippen MR) is 78.5 cm³/mol. The van der Waals surface area contributed by atoms with Crippen LogP contribution in [-0.2, 0) is 4.79 Å². The van der Waals surface area contributed by atoms with Crippen LogP contribution >= 0.6 is 34.9 Å². The molecule has 18 heavy (non-hydrogen) atoms. The minimum absolute atomic E-state index is 0.318. The molecular formula is C12H16N2OS3. The summed E-state index contributed by atoms with van der Waals surface area (Å²) in [6.07, 6.45) is 5.93. The Hall–Kier alpha value is -0.330. The van der Waals surface area contributed by atoms with Gasteiger partial charge in [-0.05, 0) is 31.4 Å². The normalized spacial score (nSPS) is 15.7. The Morgan fingerprint density at radius 1 is 1.44 bits per heavy atom. The number of thioether (sulfide) groups is 2. The molecule has 0 radical (unpaired) electrons. The predicted octanol–water partition coefficient (Wildman–Crippen LogP) is 3.67. The van der Waals surface area contributed by atoms with Gasteiger partial charge in [0.25, 0.3) is 0 Å². The molecule has 1 heterocycles. The summed E-state index contributed by atoms with van der Waals surface area (Å²) in [6.45, 7) is 3.92. The number of ketones is 1. The Bertz CT molecular complexity index is 436. The second-order valence-corrected chi connectivity index (χ2v) is 7.68. The van der Waals surface area contributed by atoms with Crippen LogP contribution in [0.15, 0.2) is 20.8 Å². The van der Waals surface area contributed by atoms with E-state index >= 15 is 0 Å². The number of aromatic nitrogens is 2. The highest BCUT2D eigenvalue weighted by Gasteiger charge is 2.21. The Balaban J connectivity index is 1.63. The molecule has 2 rings (SSSR count). The van der Waals surface area contributed by atoms with E-state index in [-0.39, 0.29) is 0 Å². The van der Waals surface area contributed by atoms with Crippen molar-refractivity contribution in [3.63, 3.8) is 0 Å². The summed E-state index contributed by atoms with van der Waals surface area (Å²) >= 11 is 4.65. The third-order valence-electron chi connectivity index (χ3n) is 2.91. The Morgan fingerprint density at radius 2 is 2.17 bits per heavy atom. The standard InChI is InChI=1S/C12H16N2OS3/c1-8-5-9(6-8)3-4-10(15)7-17-12-14-13-11(16-2)18-12/h9H,1,3-7H2,2H3. The van der Waals surface area contributed by atoms with Crippen molar-refractivity contribution in [2.45, 2.75) is 34.4 Å². The third kappa shape index (κ3) is 4.10. The molecule has 0 amide bonds. The van der Waals surface area contributed by atoms with Gasteiger partial charge in [0.1, 0.15) is 5.78 Å². The van der Waals surface area contributed by atoms with Crippen LogP contribution < -0.4 is 0 Å². The topological polar surface area (TPSA) is 42.9 Å². The Labute approximate surface area is 120 Å². The SMILES string of the molecule is C=C1CC(CCC(=O)CSc2nnc(SC)s2)C1.